The van der Waals surface area contributed by atoms with Crippen molar-refractivity contribution < 1.29 is 9.59 Å². The van der Waals surface area contributed by atoms with E-state index in [1.165, 1.54) is 0 Å². The van der Waals surface area contributed by atoms with Crippen LogP contribution in [0, 0.1) is 0 Å². The average molecular weight is 303 g/mol. The molecule has 4 nitrogen and oxygen atoms in total. The van der Waals surface area contributed by atoms with Crippen molar-refractivity contribution in [2.45, 2.75) is 26.3 Å². The summed E-state index contributed by atoms with van der Waals surface area (Å²) in [6.45, 7) is 3.98. The van der Waals surface area contributed by atoms with Crippen molar-refractivity contribution >= 4 is 35.0 Å². The van der Waals surface area contributed by atoms with Gasteiger partial charge in [0.05, 0.1) is 6.42 Å². The Bertz CT molecular complexity index is 478. The van der Waals surface area contributed by atoms with Crippen molar-refractivity contribution in [1.29, 1.82) is 0 Å². The number of benzene rings is 1. The van der Waals surface area contributed by atoms with Crippen LogP contribution in [-0.2, 0) is 16.0 Å². The maximum atomic E-state index is 11.8. The first-order valence-electron chi connectivity index (χ1n) is 5.95. The topological polar surface area (TPSA) is 58.2 Å². The number of likely N-dealkylation sites (N-methyl/N-ethyl adjacent to an activating group) is 1. The first-order chi connectivity index (χ1) is 8.93. The fourth-order valence-electron chi connectivity index (χ4n) is 1.52. The zero-order chi connectivity index (χ0) is 14.4. The van der Waals surface area contributed by atoms with Gasteiger partial charge in [-0.05, 0) is 31.5 Å². The summed E-state index contributed by atoms with van der Waals surface area (Å²) in [5.74, 6) is -0.471. The molecule has 0 saturated heterocycles. The molecule has 1 atom stereocenters. The van der Waals surface area contributed by atoms with E-state index in [0.29, 0.717) is 22.2 Å². The second-order valence-electron chi connectivity index (χ2n) is 4.10. The van der Waals surface area contributed by atoms with Crippen LogP contribution in [0.5, 0.6) is 0 Å². The molecule has 0 saturated carbocycles. The van der Waals surface area contributed by atoms with E-state index in [0.717, 1.165) is 0 Å². The highest BCUT2D eigenvalue weighted by Gasteiger charge is 2.15. The van der Waals surface area contributed by atoms with Gasteiger partial charge in [0, 0.05) is 16.6 Å². The SMILES string of the molecule is CCNC(=O)[C@H](C)NC(=O)Cc1ccc(Cl)cc1Cl. The zero-order valence-electron chi connectivity index (χ0n) is 10.8. The van der Waals surface area contributed by atoms with E-state index in [2.05, 4.69) is 10.6 Å². The van der Waals surface area contributed by atoms with E-state index in [9.17, 15) is 9.59 Å². The highest BCUT2D eigenvalue weighted by Crippen LogP contribution is 2.21. The zero-order valence-corrected chi connectivity index (χ0v) is 12.3. The molecule has 0 spiro atoms. The lowest BCUT2D eigenvalue weighted by Crippen LogP contribution is -2.45. The highest BCUT2D eigenvalue weighted by atomic mass is 35.5. The minimum Gasteiger partial charge on any atom is -0.355 e. The van der Waals surface area contributed by atoms with Gasteiger partial charge in [0.15, 0.2) is 0 Å². The first-order valence-corrected chi connectivity index (χ1v) is 6.70. The molecule has 104 valence electrons. The Labute approximate surface area is 122 Å². The molecule has 1 aromatic carbocycles. The van der Waals surface area contributed by atoms with Crippen molar-refractivity contribution in [1.82, 2.24) is 10.6 Å². The van der Waals surface area contributed by atoms with Crippen molar-refractivity contribution in [2.24, 2.45) is 0 Å². The quantitative estimate of drug-likeness (QED) is 0.876. The maximum Gasteiger partial charge on any atom is 0.242 e. The van der Waals surface area contributed by atoms with Crippen LogP contribution in [0.2, 0.25) is 10.0 Å². The summed E-state index contributed by atoms with van der Waals surface area (Å²) in [4.78, 5) is 23.3. The van der Waals surface area contributed by atoms with Crippen LogP contribution in [0.3, 0.4) is 0 Å². The lowest BCUT2D eigenvalue weighted by atomic mass is 10.1. The molecule has 0 bridgehead atoms. The predicted molar refractivity (Wildman–Crippen MR) is 76.5 cm³/mol. The van der Waals surface area contributed by atoms with Gasteiger partial charge >= 0.3 is 0 Å². The number of nitrogens with one attached hydrogen (secondary N) is 2. The molecular weight excluding hydrogens is 287 g/mol. The molecule has 0 aliphatic carbocycles. The molecule has 0 fully saturated rings. The van der Waals surface area contributed by atoms with Crippen molar-refractivity contribution in [3.8, 4) is 0 Å². The van der Waals surface area contributed by atoms with Gasteiger partial charge < -0.3 is 10.6 Å². The summed E-state index contributed by atoms with van der Waals surface area (Å²) in [6, 6.07) is 4.38. The molecule has 0 unspecified atom stereocenters. The fraction of sp³-hybridized carbons (Fsp3) is 0.385. The number of amides is 2. The molecular formula is C13H16Cl2N2O2. The Morgan fingerprint density at radius 2 is 2.00 bits per heavy atom. The number of hydrogen-bond donors (Lipinski definition) is 2. The van der Waals surface area contributed by atoms with Gasteiger partial charge in [-0.1, -0.05) is 29.3 Å². The van der Waals surface area contributed by atoms with Crippen LogP contribution in [0.1, 0.15) is 19.4 Å². The lowest BCUT2D eigenvalue weighted by Gasteiger charge is -2.13. The summed E-state index contributed by atoms with van der Waals surface area (Å²) in [6.07, 6.45) is 0.111. The van der Waals surface area contributed by atoms with Gasteiger partial charge in [-0.15, -0.1) is 0 Å². The molecule has 0 aliphatic rings. The predicted octanol–water partition coefficient (Wildman–Crippen LogP) is 2.18. The van der Waals surface area contributed by atoms with E-state index in [1.54, 1.807) is 25.1 Å². The third-order valence-corrected chi connectivity index (χ3v) is 3.07. The third kappa shape index (κ3) is 5.09. The maximum absolute atomic E-state index is 11.8. The van der Waals surface area contributed by atoms with Crippen LogP contribution in [0.4, 0.5) is 0 Å². The number of halogens is 2. The van der Waals surface area contributed by atoms with Crippen LogP contribution in [0.15, 0.2) is 18.2 Å². The van der Waals surface area contributed by atoms with Crippen LogP contribution in [-0.4, -0.2) is 24.4 Å². The monoisotopic (exact) mass is 302 g/mol. The number of carbonyl (C=O) groups excluding carboxylic acids is 2. The van der Waals surface area contributed by atoms with Crippen LogP contribution in [0.25, 0.3) is 0 Å². The molecule has 2 N–H and O–H groups in total. The minimum atomic E-state index is -0.571. The fourth-order valence-corrected chi connectivity index (χ4v) is 2.00. The summed E-state index contributed by atoms with van der Waals surface area (Å²) >= 11 is 11.8. The van der Waals surface area contributed by atoms with E-state index in [-0.39, 0.29) is 18.2 Å². The summed E-state index contributed by atoms with van der Waals surface area (Å²) in [5, 5.41) is 6.20. The Morgan fingerprint density at radius 1 is 1.32 bits per heavy atom. The van der Waals surface area contributed by atoms with E-state index in [1.807, 2.05) is 6.92 Å². The molecule has 0 aromatic heterocycles. The van der Waals surface area contributed by atoms with Gasteiger partial charge in [-0.2, -0.15) is 0 Å². The van der Waals surface area contributed by atoms with Gasteiger partial charge in [0.1, 0.15) is 6.04 Å². The molecule has 19 heavy (non-hydrogen) atoms. The van der Waals surface area contributed by atoms with Crippen LogP contribution >= 0.6 is 23.2 Å². The number of hydrogen-bond acceptors (Lipinski definition) is 2. The van der Waals surface area contributed by atoms with Gasteiger partial charge in [-0.25, -0.2) is 0 Å². The Hall–Kier alpha value is -1.26. The average Bonchev–Trinajstić information content (AvgIpc) is 2.33. The summed E-state index contributed by atoms with van der Waals surface area (Å²) in [7, 11) is 0. The largest absolute Gasteiger partial charge is 0.355 e. The Kier molecular flexibility index (Phi) is 6.12. The van der Waals surface area contributed by atoms with E-state index < -0.39 is 6.04 Å². The second-order valence-corrected chi connectivity index (χ2v) is 4.94. The number of carbonyl (C=O) groups is 2. The van der Waals surface area contributed by atoms with Crippen molar-refractivity contribution in [3.05, 3.63) is 33.8 Å². The Morgan fingerprint density at radius 3 is 2.58 bits per heavy atom. The van der Waals surface area contributed by atoms with E-state index in [4.69, 9.17) is 23.2 Å². The summed E-state index contributed by atoms with van der Waals surface area (Å²) < 4.78 is 0. The van der Waals surface area contributed by atoms with Gasteiger partial charge in [0.25, 0.3) is 0 Å². The second kappa shape index (κ2) is 7.36. The number of rotatable bonds is 5. The smallest absolute Gasteiger partial charge is 0.242 e. The molecule has 6 heteroatoms. The third-order valence-electron chi connectivity index (χ3n) is 2.49. The van der Waals surface area contributed by atoms with Crippen LogP contribution < -0.4 is 10.6 Å². The first kappa shape index (κ1) is 15.8. The molecule has 2 amide bonds. The lowest BCUT2D eigenvalue weighted by molar-refractivity contribution is -0.128. The van der Waals surface area contributed by atoms with Gasteiger partial charge in [0.2, 0.25) is 11.8 Å². The summed E-state index contributed by atoms with van der Waals surface area (Å²) in [5.41, 5.74) is 0.673. The molecule has 0 heterocycles. The molecule has 0 aliphatic heterocycles. The molecule has 1 rings (SSSR count). The van der Waals surface area contributed by atoms with E-state index >= 15 is 0 Å². The molecule has 0 radical (unpaired) electrons. The Balaban J connectivity index is 2.58. The van der Waals surface area contributed by atoms with Gasteiger partial charge in [-0.3, -0.25) is 9.59 Å². The van der Waals surface area contributed by atoms with Crippen molar-refractivity contribution in [2.75, 3.05) is 6.54 Å². The molecule has 1 aromatic rings. The standard InChI is InChI=1S/C13H16Cl2N2O2/c1-3-16-13(19)8(2)17-12(18)6-9-4-5-10(14)7-11(9)15/h4-5,7-8H,3,6H2,1-2H3,(H,16,19)(H,17,18)/t8-/m0/s1. The minimum absolute atomic E-state index is 0.111. The normalized spacial score (nSPS) is 11.8. The van der Waals surface area contributed by atoms with Crippen molar-refractivity contribution in [3.63, 3.8) is 0 Å². The highest BCUT2D eigenvalue weighted by molar-refractivity contribution is 6.35.